The van der Waals surface area contributed by atoms with Crippen LogP contribution in [0.2, 0.25) is 5.02 Å². The highest BCUT2D eigenvalue weighted by Crippen LogP contribution is 2.24. The molecule has 0 saturated carbocycles. The van der Waals surface area contributed by atoms with Gasteiger partial charge in [0.2, 0.25) is 0 Å². The fraction of sp³-hybridized carbons (Fsp3) is 0.333. The van der Waals surface area contributed by atoms with Gasteiger partial charge in [-0.2, -0.15) is 0 Å². The van der Waals surface area contributed by atoms with Crippen LogP contribution in [0, 0.1) is 5.82 Å². The Bertz CT molecular complexity index is 379. The molecule has 1 aliphatic rings. The number of rotatable bonds is 1. The zero-order chi connectivity index (χ0) is 10.7. The molecule has 0 spiro atoms. The Morgan fingerprint density at radius 1 is 1.27 bits per heavy atom. The van der Waals surface area contributed by atoms with Crippen molar-refractivity contribution in [2.75, 3.05) is 13.1 Å². The molecule has 0 unspecified atom stereocenters. The molecule has 15 heavy (non-hydrogen) atoms. The second kappa shape index (κ2) is 4.77. The van der Waals surface area contributed by atoms with Crippen molar-refractivity contribution >= 4 is 17.7 Å². The third-order valence-electron chi connectivity index (χ3n) is 2.59. The van der Waals surface area contributed by atoms with Crippen LogP contribution in [0.1, 0.15) is 18.4 Å². The van der Waals surface area contributed by atoms with Gasteiger partial charge in [0, 0.05) is 0 Å². The van der Waals surface area contributed by atoms with Crippen molar-refractivity contribution in [3.8, 4) is 0 Å². The molecule has 1 aromatic carbocycles. The van der Waals surface area contributed by atoms with E-state index in [0.29, 0.717) is 0 Å². The lowest BCUT2D eigenvalue weighted by Gasteiger charge is -2.15. The third-order valence-corrected chi connectivity index (χ3v) is 2.99. The summed E-state index contributed by atoms with van der Waals surface area (Å²) in [5.74, 6) is -0.347. The maximum Gasteiger partial charge on any atom is 0.142 e. The quantitative estimate of drug-likeness (QED) is 0.774. The maximum atomic E-state index is 13.2. The molecule has 0 radical (unpaired) electrons. The first-order chi connectivity index (χ1) is 7.27. The van der Waals surface area contributed by atoms with Crippen molar-refractivity contribution in [3.63, 3.8) is 0 Å². The molecule has 1 fully saturated rings. The minimum atomic E-state index is -0.347. The van der Waals surface area contributed by atoms with Crippen molar-refractivity contribution in [1.82, 2.24) is 5.32 Å². The summed E-state index contributed by atoms with van der Waals surface area (Å²) >= 11 is 5.88. The largest absolute Gasteiger partial charge is 0.316 e. The summed E-state index contributed by atoms with van der Waals surface area (Å²) in [4.78, 5) is 0. The average Bonchev–Trinajstić information content (AvgIpc) is 2.26. The van der Waals surface area contributed by atoms with Crippen LogP contribution < -0.4 is 5.32 Å². The highest BCUT2D eigenvalue weighted by Gasteiger charge is 2.07. The number of nitrogens with one attached hydrogen (secondary N) is 1. The number of halogens is 2. The molecule has 1 heterocycles. The molecule has 0 aromatic heterocycles. The van der Waals surface area contributed by atoms with E-state index >= 15 is 0 Å². The number of hydrogen-bond donors (Lipinski definition) is 1. The zero-order valence-corrected chi connectivity index (χ0v) is 9.15. The highest BCUT2D eigenvalue weighted by atomic mass is 35.5. The van der Waals surface area contributed by atoms with Gasteiger partial charge in [0.1, 0.15) is 5.82 Å². The van der Waals surface area contributed by atoms with E-state index in [1.807, 2.05) is 12.1 Å². The van der Waals surface area contributed by atoms with Gasteiger partial charge in [0.15, 0.2) is 0 Å². The number of piperidine rings is 1. The van der Waals surface area contributed by atoms with Crippen molar-refractivity contribution < 1.29 is 4.39 Å². The molecule has 0 amide bonds. The lowest BCUT2D eigenvalue weighted by atomic mass is 10.0. The fourth-order valence-electron chi connectivity index (χ4n) is 1.74. The van der Waals surface area contributed by atoms with Gasteiger partial charge in [-0.25, -0.2) is 4.39 Å². The molecule has 2 rings (SSSR count). The smallest absolute Gasteiger partial charge is 0.142 e. The van der Waals surface area contributed by atoms with Crippen LogP contribution in [0.25, 0.3) is 6.08 Å². The van der Waals surface area contributed by atoms with Crippen LogP contribution in [-0.2, 0) is 0 Å². The molecule has 3 heteroatoms. The van der Waals surface area contributed by atoms with E-state index < -0.39 is 0 Å². The zero-order valence-electron chi connectivity index (χ0n) is 8.39. The maximum absolute atomic E-state index is 13.2. The Morgan fingerprint density at radius 2 is 2.00 bits per heavy atom. The molecular weight excluding hydrogens is 213 g/mol. The molecular formula is C12H13ClFN. The molecule has 1 aliphatic heterocycles. The van der Waals surface area contributed by atoms with Crippen LogP contribution in [0.4, 0.5) is 4.39 Å². The van der Waals surface area contributed by atoms with Gasteiger partial charge in [-0.05, 0) is 37.6 Å². The number of hydrogen-bond acceptors (Lipinski definition) is 1. The lowest BCUT2D eigenvalue weighted by molar-refractivity contribution is 0.613. The lowest BCUT2D eigenvalue weighted by Crippen LogP contribution is -2.22. The Hall–Kier alpha value is -0.860. The van der Waals surface area contributed by atoms with E-state index in [1.165, 1.54) is 11.6 Å². The predicted octanol–water partition coefficient (Wildman–Crippen LogP) is 3.25. The van der Waals surface area contributed by atoms with E-state index in [9.17, 15) is 4.39 Å². The van der Waals surface area contributed by atoms with Crippen molar-refractivity contribution in [3.05, 3.63) is 40.2 Å². The van der Waals surface area contributed by atoms with Gasteiger partial charge in [-0.3, -0.25) is 0 Å². The van der Waals surface area contributed by atoms with Gasteiger partial charge < -0.3 is 5.32 Å². The Kier molecular flexibility index (Phi) is 3.39. The normalized spacial score (nSPS) is 16.5. The van der Waals surface area contributed by atoms with E-state index in [2.05, 4.69) is 5.32 Å². The van der Waals surface area contributed by atoms with Crippen molar-refractivity contribution in [2.24, 2.45) is 0 Å². The summed E-state index contributed by atoms with van der Waals surface area (Å²) in [6, 6.07) is 4.92. The van der Waals surface area contributed by atoms with Gasteiger partial charge in [-0.1, -0.05) is 35.4 Å². The molecule has 1 aromatic rings. The minimum absolute atomic E-state index is 0.225. The topological polar surface area (TPSA) is 12.0 Å². The van der Waals surface area contributed by atoms with Crippen LogP contribution in [0.15, 0.2) is 23.8 Å². The van der Waals surface area contributed by atoms with Crippen molar-refractivity contribution in [2.45, 2.75) is 12.8 Å². The van der Waals surface area contributed by atoms with Crippen LogP contribution in [0.3, 0.4) is 0 Å². The Labute approximate surface area is 93.9 Å². The van der Waals surface area contributed by atoms with Gasteiger partial charge >= 0.3 is 0 Å². The summed E-state index contributed by atoms with van der Waals surface area (Å²) in [5, 5.41) is 3.50. The van der Waals surface area contributed by atoms with Gasteiger partial charge in [-0.15, -0.1) is 0 Å². The predicted molar refractivity (Wildman–Crippen MR) is 61.5 cm³/mol. The Balaban J connectivity index is 2.25. The van der Waals surface area contributed by atoms with E-state index in [0.717, 1.165) is 31.5 Å². The van der Waals surface area contributed by atoms with Crippen molar-refractivity contribution in [1.29, 1.82) is 0 Å². The van der Waals surface area contributed by atoms with Crippen LogP contribution in [0.5, 0.6) is 0 Å². The van der Waals surface area contributed by atoms with Crippen LogP contribution in [-0.4, -0.2) is 13.1 Å². The third kappa shape index (κ3) is 2.58. The second-order valence-corrected chi connectivity index (χ2v) is 4.07. The highest BCUT2D eigenvalue weighted by molar-refractivity contribution is 6.32. The molecule has 0 atom stereocenters. The molecule has 1 saturated heterocycles. The van der Waals surface area contributed by atoms with Crippen LogP contribution >= 0.6 is 11.6 Å². The molecule has 1 N–H and O–H groups in total. The number of benzene rings is 1. The first-order valence-corrected chi connectivity index (χ1v) is 5.49. The summed E-state index contributed by atoms with van der Waals surface area (Å²) < 4.78 is 13.2. The summed E-state index contributed by atoms with van der Waals surface area (Å²) in [6.45, 7) is 2.00. The minimum Gasteiger partial charge on any atom is -0.316 e. The fourth-order valence-corrected chi connectivity index (χ4v) is 1.92. The van der Waals surface area contributed by atoms with E-state index in [1.54, 1.807) is 6.07 Å². The molecule has 1 nitrogen and oxygen atoms in total. The van der Waals surface area contributed by atoms with Gasteiger partial charge in [0.05, 0.1) is 5.02 Å². The van der Waals surface area contributed by atoms with E-state index in [-0.39, 0.29) is 10.8 Å². The summed E-state index contributed by atoms with van der Waals surface area (Å²) in [7, 11) is 0. The van der Waals surface area contributed by atoms with E-state index in [4.69, 9.17) is 11.6 Å². The standard InChI is InChI=1S/C12H13ClFN/c13-12-10(2-1-3-11(12)14)8-9-4-6-15-7-5-9/h1-3,8,15H,4-7H2. The molecule has 80 valence electrons. The summed E-state index contributed by atoms with van der Waals surface area (Å²) in [6.07, 6.45) is 4.05. The Morgan fingerprint density at radius 3 is 2.73 bits per heavy atom. The van der Waals surface area contributed by atoms with Gasteiger partial charge in [0.25, 0.3) is 0 Å². The first kappa shape index (κ1) is 10.7. The SMILES string of the molecule is Fc1cccc(C=C2CCNCC2)c1Cl. The monoisotopic (exact) mass is 225 g/mol. The first-order valence-electron chi connectivity index (χ1n) is 5.11. The molecule has 0 bridgehead atoms. The average molecular weight is 226 g/mol. The molecule has 0 aliphatic carbocycles. The second-order valence-electron chi connectivity index (χ2n) is 3.70. The summed E-state index contributed by atoms with van der Waals surface area (Å²) in [5.41, 5.74) is 2.12.